The number of halogens is 1. The van der Waals surface area contributed by atoms with Crippen LogP contribution in [0.2, 0.25) is 0 Å². The van der Waals surface area contributed by atoms with Gasteiger partial charge < -0.3 is 4.74 Å². The lowest BCUT2D eigenvalue weighted by Crippen LogP contribution is -2.02. The number of nitrogens with zero attached hydrogens (tertiary/aromatic N) is 1. The van der Waals surface area contributed by atoms with Gasteiger partial charge in [0, 0.05) is 0 Å². The highest BCUT2D eigenvalue weighted by Crippen LogP contribution is 2.28. The third kappa shape index (κ3) is 1.94. The summed E-state index contributed by atoms with van der Waals surface area (Å²) in [5.41, 5.74) is 2.58. The summed E-state index contributed by atoms with van der Waals surface area (Å²) in [6.07, 6.45) is 0. The van der Waals surface area contributed by atoms with Crippen LogP contribution in [0, 0.1) is 5.82 Å². The van der Waals surface area contributed by atoms with Gasteiger partial charge in [-0.25, -0.2) is 14.2 Å². The smallest absolute Gasteiger partial charge is 0.358 e. The largest absolute Gasteiger partial charge is 0.464 e. The van der Waals surface area contributed by atoms with Crippen LogP contribution in [-0.2, 0) is 4.74 Å². The van der Waals surface area contributed by atoms with Gasteiger partial charge in [0.05, 0.1) is 17.5 Å². The van der Waals surface area contributed by atoms with Crippen molar-refractivity contribution in [3.63, 3.8) is 0 Å². The molecule has 0 bridgehead atoms. The van der Waals surface area contributed by atoms with Crippen LogP contribution < -0.4 is 0 Å². The molecule has 0 N–H and O–H groups in total. The van der Waals surface area contributed by atoms with E-state index in [4.69, 9.17) is 0 Å². The van der Waals surface area contributed by atoms with Crippen molar-refractivity contribution in [1.29, 1.82) is 0 Å². The van der Waals surface area contributed by atoms with Crippen LogP contribution in [0.15, 0.2) is 29.8 Å². The van der Waals surface area contributed by atoms with Gasteiger partial charge in [0.25, 0.3) is 0 Å². The van der Waals surface area contributed by atoms with Gasteiger partial charge >= 0.3 is 5.97 Å². The zero-order chi connectivity index (χ0) is 11.5. The third-order valence-corrected chi connectivity index (χ3v) is 2.93. The maximum absolute atomic E-state index is 12.7. The van der Waals surface area contributed by atoms with Gasteiger partial charge in [0.2, 0.25) is 0 Å². The summed E-state index contributed by atoms with van der Waals surface area (Å²) in [6.45, 7) is 0. The molecule has 82 valence electrons. The molecular formula is C11H8FNO2S. The van der Waals surface area contributed by atoms with E-state index in [0.717, 1.165) is 5.56 Å². The number of hydrogen-bond donors (Lipinski definition) is 0. The number of carbonyl (C=O) groups excluding carboxylic acids is 1. The fraction of sp³-hybridized carbons (Fsp3) is 0.0909. The molecule has 0 aliphatic carbocycles. The van der Waals surface area contributed by atoms with E-state index in [1.54, 1.807) is 17.6 Å². The van der Waals surface area contributed by atoms with Crippen molar-refractivity contribution in [3.8, 4) is 10.4 Å². The zero-order valence-corrected chi connectivity index (χ0v) is 9.25. The molecule has 0 amide bonds. The van der Waals surface area contributed by atoms with Crippen molar-refractivity contribution in [2.75, 3.05) is 7.11 Å². The van der Waals surface area contributed by atoms with E-state index >= 15 is 0 Å². The number of hydrogen-bond acceptors (Lipinski definition) is 4. The van der Waals surface area contributed by atoms with Crippen LogP contribution in [0.4, 0.5) is 4.39 Å². The zero-order valence-electron chi connectivity index (χ0n) is 8.44. The van der Waals surface area contributed by atoms with E-state index in [9.17, 15) is 9.18 Å². The lowest BCUT2D eigenvalue weighted by molar-refractivity contribution is 0.0596. The minimum atomic E-state index is -0.486. The molecule has 0 spiro atoms. The Labute approximate surface area is 95.5 Å². The molecule has 0 fully saturated rings. The average molecular weight is 237 g/mol. The Bertz CT molecular complexity index is 507. The first-order valence-corrected chi connectivity index (χ1v) is 5.38. The molecule has 1 heterocycles. The quantitative estimate of drug-likeness (QED) is 0.754. The van der Waals surface area contributed by atoms with Crippen LogP contribution in [0.1, 0.15) is 10.5 Å². The lowest BCUT2D eigenvalue weighted by Gasteiger charge is -2.00. The highest BCUT2D eigenvalue weighted by atomic mass is 32.1. The summed E-state index contributed by atoms with van der Waals surface area (Å²) in [5, 5.41) is 0. The van der Waals surface area contributed by atoms with Crippen LogP contribution >= 0.6 is 11.3 Å². The molecule has 2 aromatic rings. The topological polar surface area (TPSA) is 39.2 Å². The third-order valence-electron chi connectivity index (χ3n) is 2.05. The van der Waals surface area contributed by atoms with Crippen molar-refractivity contribution in [2.45, 2.75) is 0 Å². The second-order valence-corrected chi connectivity index (χ2v) is 3.88. The first-order valence-electron chi connectivity index (χ1n) is 4.50. The number of methoxy groups -OCH3 is 1. The first-order chi connectivity index (χ1) is 7.72. The van der Waals surface area contributed by atoms with Gasteiger partial charge in [-0.15, -0.1) is 11.3 Å². The van der Waals surface area contributed by atoms with Crippen molar-refractivity contribution >= 4 is 17.3 Å². The molecular weight excluding hydrogens is 229 g/mol. The van der Waals surface area contributed by atoms with E-state index in [-0.39, 0.29) is 11.5 Å². The molecule has 0 aliphatic heterocycles. The predicted octanol–water partition coefficient (Wildman–Crippen LogP) is 2.74. The molecule has 1 aromatic heterocycles. The molecule has 2 rings (SSSR count). The SMILES string of the molecule is COC(=O)c1ncsc1-c1ccc(F)cc1. The minimum absolute atomic E-state index is 0.263. The number of thiazole rings is 1. The second-order valence-electron chi connectivity index (χ2n) is 3.03. The van der Waals surface area contributed by atoms with E-state index < -0.39 is 5.97 Å². The normalized spacial score (nSPS) is 10.1. The second kappa shape index (κ2) is 4.40. The minimum Gasteiger partial charge on any atom is -0.464 e. The van der Waals surface area contributed by atoms with Crippen LogP contribution in [0.25, 0.3) is 10.4 Å². The summed E-state index contributed by atoms with van der Waals surface area (Å²) in [6, 6.07) is 5.90. The van der Waals surface area contributed by atoms with E-state index in [0.29, 0.717) is 4.88 Å². The Morgan fingerprint density at radius 3 is 2.69 bits per heavy atom. The summed E-state index contributed by atoms with van der Waals surface area (Å²) in [5.74, 6) is -0.798. The van der Waals surface area contributed by atoms with Gasteiger partial charge in [-0.3, -0.25) is 0 Å². The van der Waals surface area contributed by atoms with E-state index in [2.05, 4.69) is 9.72 Å². The Hall–Kier alpha value is -1.75. The predicted molar refractivity (Wildman–Crippen MR) is 58.8 cm³/mol. The highest BCUT2D eigenvalue weighted by Gasteiger charge is 2.16. The number of ether oxygens (including phenoxy) is 1. The maximum atomic E-state index is 12.7. The van der Waals surface area contributed by atoms with Crippen LogP contribution in [0.3, 0.4) is 0 Å². The van der Waals surface area contributed by atoms with Crippen LogP contribution in [-0.4, -0.2) is 18.1 Å². The molecule has 16 heavy (non-hydrogen) atoms. The maximum Gasteiger partial charge on any atom is 0.358 e. The van der Waals surface area contributed by atoms with Gasteiger partial charge in [-0.1, -0.05) is 12.1 Å². The average Bonchev–Trinajstić information content (AvgIpc) is 2.78. The number of carbonyl (C=O) groups is 1. The Balaban J connectivity index is 2.44. The van der Waals surface area contributed by atoms with Crippen molar-refractivity contribution < 1.29 is 13.9 Å². The van der Waals surface area contributed by atoms with Gasteiger partial charge in [-0.2, -0.15) is 0 Å². The Morgan fingerprint density at radius 2 is 2.06 bits per heavy atom. The first kappa shape index (κ1) is 10.8. The molecule has 5 heteroatoms. The summed E-state index contributed by atoms with van der Waals surface area (Å²) >= 11 is 1.32. The molecule has 0 saturated carbocycles. The molecule has 0 atom stereocenters. The molecule has 3 nitrogen and oxygen atoms in total. The molecule has 0 aliphatic rings. The number of esters is 1. The van der Waals surface area contributed by atoms with Gasteiger partial charge in [0.15, 0.2) is 5.69 Å². The molecule has 0 radical (unpaired) electrons. The number of rotatable bonds is 2. The fourth-order valence-corrected chi connectivity index (χ4v) is 2.08. The van der Waals surface area contributed by atoms with Crippen molar-refractivity contribution in [1.82, 2.24) is 4.98 Å². The molecule has 1 aromatic carbocycles. The highest BCUT2D eigenvalue weighted by molar-refractivity contribution is 7.13. The van der Waals surface area contributed by atoms with Crippen molar-refractivity contribution in [3.05, 3.63) is 41.3 Å². The summed E-state index contributed by atoms with van der Waals surface area (Å²) < 4.78 is 17.4. The number of aromatic nitrogens is 1. The van der Waals surface area contributed by atoms with Crippen molar-refractivity contribution in [2.24, 2.45) is 0 Å². The number of benzene rings is 1. The fourth-order valence-electron chi connectivity index (χ4n) is 1.29. The van der Waals surface area contributed by atoms with Gasteiger partial charge in [0.1, 0.15) is 5.82 Å². The van der Waals surface area contributed by atoms with Crippen LogP contribution in [0.5, 0.6) is 0 Å². The Kier molecular flexibility index (Phi) is 2.96. The molecule has 0 unspecified atom stereocenters. The Morgan fingerprint density at radius 1 is 1.38 bits per heavy atom. The lowest BCUT2D eigenvalue weighted by atomic mass is 10.1. The van der Waals surface area contributed by atoms with E-state index in [1.807, 2.05) is 0 Å². The van der Waals surface area contributed by atoms with Gasteiger partial charge in [-0.05, 0) is 17.7 Å². The summed E-state index contributed by atoms with van der Waals surface area (Å²) in [7, 11) is 1.30. The standard InChI is InChI=1S/C11H8FNO2S/c1-15-11(14)9-10(16-6-13-9)7-2-4-8(12)5-3-7/h2-6H,1H3. The van der Waals surface area contributed by atoms with E-state index in [1.165, 1.54) is 30.6 Å². The monoisotopic (exact) mass is 237 g/mol. The summed E-state index contributed by atoms with van der Waals surface area (Å²) in [4.78, 5) is 16.0. The molecule has 0 saturated heterocycles.